The van der Waals surface area contributed by atoms with Gasteiger partial charge in [-0.1, -0.05) is 30.3 Å². The zero-order chi connectivity index (χ0) is 15.5. The molecular weight excluding hydrogens is 272 g/mol. The van der Waals surface area contributed by atoms with E-state index >= 15 is 0 Å². The standard InChI is InChI=1S/C19H22N2O/c1-14-6-5-8-17(12-14)20-19(22)13-21-15(2)10-11-16-7-3-4-9-18(16)21/h3-9,12,15H,10-11,13H2,1-2H3,(H,20,22)/t15-/m0/s1. The fourth-order valence-electron chi connectivity index (χ4n) is 3.08. The van der Waals surface area contributed by atoms with E-state index in [2.05, 4.69) is 35.3 Å². The molecule has 0 spiro atoms. The van der Waals surface area contributed by atoms with Gasteiger partial charge in [0.25, 0.3) is 0 Å². The maximum absolute atomic E-state index is 12.4. The van der Waals surface area contributed by atoms with E-state index in [1.165, 1.54) is 11.3 Å². The van der Waals surface area contributed by atoms with Gasteiger partial charge in [0.15, 0.2) is 0 Å². The van der Waals surface area contributed by atoms with Crippen molar-refractivity contribution in [2.45, 2.75) is 32.7 Å². The number of nitrogens with zero attached hydrogens (tertiary/aromatic N) is 1. The molecule has 1 aliphatic rings. The summed E-state index contributed by atoms with van der Waals surface area (Å²) >= 11 is 0. The summed E-state index contributed by atoms with van der Waals surface area (Å²) in [5, 5.41) is 3.00. The Morgan fingerprint density at radius 1 is 1.23 bits per heavy atom. The molecule has 1 atom stereocenters. The number of aryl methyl sites for hydroxylation is 2. The van der Waals surface area contributed by atoms with Crippen molar-refractivity contribution in [3.8, 4) is 0 Å². The summed E-state index contributed by atoms with van der Waals surface area (Å²) in [5.74, 6) is 0.0363. The molecule has 2 aromatic rings. The molecule has 0 aromatic heterocycles. The second kappa shape index (κ2) is 6.22. The molecule has 0 bridgehead atoms. The van der Waals surface area contributed by atoms with Gasteiger partial charge in [-0.15, -0.1) is 0 Å². The van der Waals surface area contributed by atoms with Gasteiger partial charge < -0.3 is 10.2 Å². The molecule has 1 N–H and O–H groups in total. The highest BCUT2D eigenvalue weighted by molar-refractivity contribution is 5.94. The van der Waals surface area contributed by atoms with Crippen LogP contribution in [0, 0.1) is 6.92 Å². The van der Waals surface area contributed by atoms with E-state index in [0.717, 1.165) is 24.1 Å². The van der Waals surface area contributed by atoms with Gasteiger partial charge >= 0.3 is 0 Å². The summed E-state index contributed by atoms with van der Waals surface area (Å²) in [4.78, 5) is 14.6. The van der Waals surface area contributed by atoms with E-state index in [1.807, 2.05) is 37.3 Å². The number of carbonyl (C=O) groups excluding carboxylic acids is 1. The number of para-hydroxylation sites is 1. The molecule has 0 fully saturated rings. The molecule has 1 aliphatic heterocycles. The molecule has 1 amide bonds. The van der Waals surface area contributed by atoms with Crippen molar-refractivity contribution in [1.82, 2.24) is 0 Å². The molecule has 3 nitrogen and oxygen atoms in total. The molecule has 114 valence electrons. The van der Waals surface area contributed by atoms with Crippen molar-refractivity contribution < 1.29 is 4.79 Å². The number of anilines is 2. The molecule has 0 aliphatic carbocycles. The van der Waals surface area contributed by atoms with Gasteiger partial charge in [0.1, 0.15) is 0 Å². The number of nitrogens with one attached hydrogen (secondary N) is 1. The lowest BCUT2D eigenvalue weighted by Crippen LogP contribution is -2.42. The highest BCUT2D eigenvalue weighted by Gasteiger charge is 2.24. The third-order valence-corrected chi connectivity index (χ3v) is 4.28. The van der Waals surface area contributed by atoms with Gasteiger partial charge in [-0.25, -0.2) is 0 Å². The van der Waals surface area contributed by atoms with Crippen LogP contribution in [0.2, 0.25) is 0 Å². The van der Waals surface area contributed by atoms with Crippen LogP contribution < -0.4 is 10.2 Å². The minimum Gasteiger partial charge on any atom is -0.359 e. The van der Waals surface area contributed by atoms with Crippen LogP contribution in [0.25, 0.3) is 0 Å². The molecule has 0 unspecified atom stereocenters. The molecule has 0 saturated heterocycles. The third kappa shape index (κ3) is 3.14. The van der Waals surface area contributed by atoms with Gasteiger partial charge in [0, 0.05) is 17.4 Å². The van der Waals surface area contributed by atoms with Gasteiger partial charge in [0.2, 0.25) is 5.91 Å². The minimum absolute atomic E-state index is 0.0363. The second-order valence-corrected chi connectivity index (χ2v) is 6.06. The van der Waals surface area contributed by atoms with Crippen LogP contribution in [0.4, 0.5) is 11.4 Å². The molecule has 2 aromatic carbocycles. The summed E-state index contributed by atoms with van der Waals surface area (Å²) in [6, 6.07) is 16.7. The van der Waals surface area contributed by atoms with E-state index in [-0.39, 0.29) is 5.91 Å². The quantitative estimate of drug-likeness (QED) is 0.934. The van der Waals surface area contributed by atoms with Gasteiger partial charge in [-0.05, 0) is 56.0 Å². The van der Waals surface area contributed by atoms with E-state index in [0.29, 0.717) is 12.6 Å². The third-order valence-electron chi connectivity index (χ3n) is 4.28. The molecule has 1 heterocycles. The minimum atomic E-state index is 0.0363. The predicted molar refractivity (Wildman–Crippen MR) is 91.4 cm³/mol. The van der Waals surface area contributed by atoms with Crippen LogP contribution in [-0.2, 0) is 11.2 Å². The lowest BCUT2D eigenvalue weighted by Gasteiger charge is -2.36. The predicted octanol–water partition coefficient (Wildman–Crippen LogP) is 3.77. The molecule has 22 heavy (non-hydrogen) atoms. The number of hydrogen-bond donors (Lipinski definition) is 1. The molecule has 0 saturated carbocycles. The van der Waals surface area contributed by atoms with Crippen molar-refractivity contribution in [1.29, 1.82) is 0 Å². The summed E-state index contributed by atoms with van der Waals surface area (Å²) in [6.07, 6.45) is 2.18. The van der Waals surface area contributed by atoms with Crippen molar-refractivity contribution in [3.05, 3.63) is 59.7 Å². The van der Waals surface area contributed by atoms with Crippen molar-refractivity contribution in [2.24, 2.45) is 0 Å². The van der Waals surface area contributed by atoms with E-state index in [9.17, 15) is 4.79 Å². The number of amides is 1. The number of fused-ring (bicyclic) bond motifs is 1. The number of benzene rings is 2. The Kier molecular flexibility index (Phi) is 4.14. The first-order valence-electron chi connectivity index (χ1n) is 7.84. The first kappa shape index (κ1) is 14.6. The van der Waals surface area contributed by atoms with Crippen molar-refractivity contribution in [3.63, 3.8) is 0 Å². The summed E-state index contributed by atoms with van der Waals surface area (Å²) in [6.45, 7) is 4.61. The van der Waals surface area contributed by atoms with Gasteiger partial charge in [-0.2, -0.15) is 0 Å². The summed E-state index contributed by atoms with van der Waals surface area (Å²) < 4.78 is 0. The van der Waals surface area contributed by atoms with Crippen LogP contribution in [0.5, 0.6) is 0 Å². The monoisotopic (exact) mass is 294 g/mol. The first-order valence-corrected chi connectivity index (χ1v) is 7.84. The molecule has 0 radical (unpaired) electrons. The summed E-state index contributed by atoms with van der Waals surface area (Å²) in [5.41, 5.74) is 4.54. The van der Waals surface area contributed by atoms with E-state index in [4.69, 9.17) is 0 Å². The Labute approximate surface area is 132 Å². The highest BCUT2D eigenvalue weighted by Crippen LogP contribution is 2.30. The zero-order valence-corrected chi connectivity index (χ0v) is 13.2. The fraction of sp³-hybridized carbons (Fsp3) is 0.316. The van der Waals surface area contributed by atoms with Crippen LogP contribution >= 0.6 is 0 Å². The van der Waals surface area contributed by atoms with Crippen LogP contribution in [0.15, 0.2) is 48.5 Å². The molecule has 3 rings (SSSR count). The fourth-order valence-corrected chi connectivity index (χ4v) is 3.08. The maximum Gasteiger partial charge on any atom is 0.243 e. The largest absolute Gasteiger partial charge is 0.359 e. The van der Waals surface area contributed by atoms with Crippen LogP contribution in [0.1, 0.15) is 24.5 Å². The zero-order valence-electron chi connectivity index (χ0n) is 13.2. The first-order chi connectivity index (χ1) is 10.6. The number of rotatable bonds is 3. The molecule has 3 heteroatoms. The van der Waals surface area contributed by atoms with E-state index in [1.54, 1.807) is 0 Å². The number of hydrogen-bond acceptors (Lipinski definition) is 2. The smallest absolute Gasteiger partial charge is 0.243 e. The maximum atomic E-state index is 12.4. The van der Waals surface area contributed by atoms with E-state index < -0.39 is 0 Å². The van der Waals surface area contributed by atoms with Crippen LogP contribution in [0.3, 0.4) is 0 Å². The Bertz CT molecular complexity index is 681. The topological polar surface area (TPSA) is 32.3 Å². The molecular formula is C19H22N2O. The average Bonchev–Trinajstić information content (AvgIpc) is 2.50. The van der Waals surface area contributed by atoms with Gasteiger partial charge in [-0.3, -0.25) is 4.79 Å². The van der Waals surface area contributed by atoms with Crippen molar-refractivity contribution >= 4 is 17.3 Å². The van der Waals surface area contributed by atoms with Crippen LogP contribution in [-0.4, -0.2) is 18.5 Å². The Balaban J connectivity index is 1.73. The average molecular weight is 294 g/mol. The summed E-state index contributed by atoms with van der Waals surface area (Å²) in [7, 11) is 0. The Hall–Kier alpha value is -2.29. The SMILES string of the molecule is Cc1cccc(NC(=O)CN2c3ccccc3CC[C@@H]2C)c1. The Morgan fingerprint density at radius 2 is 2.05 bits per heavy atom. The Morgan fingerprint density at radius 3 is 2.86 bits per heavy atom. The lowest BCUT2D eigenvalue weighted by molar-refractivity contribution is -0.115. The lowest BCUT2D eigenvalue weighted by atomic mass is 9.96. The normalized spacial score (nSPS) is 17.0. The van der Waals surface area contributed by atoms with Gasteiger partial charge in [0.05, 0.1) is 6.54 Å². The highest BCUT2D eigenvalue weighted by atomic mass is 16.2. The second-order valence-electron chi connectivity index (χ2n) is 6.06. The number of carbonyl (C=O) groups is 1. The van der Waals surface area contributed by atoms with Crippen molar-refractivity contribution in [2.75, 3.05) is 16.8 Å².